The summed E-state index contributed by atoms with van der Waals surface area (Å²) in [5.74, 6) is -2.06. The quantitative estimate of drug-likeness (QED) is 0.898. The van der Waals surface area contributed by atoms with Crippen molar-refractivity contribution in [3.05, 3.63) is 65.5 Å². The molecule has 0 saturated heterocycles. The molecule has 0 radical (unpaired) electrons. The minimum absolute atomic E-state index is 0.159. The van der Waals surface area contributed by atoms with Crippen molar-refractivity contribution in [2.75, 3.05) is 6.61 Å². The van der Waals surface area contributed by atoms with Gasteiger partial charge in [0.1, 0.15) is 5.56 Å². The van der Waals surface area contributed by atoms with E-state index in [1.807, 2.05) is 30.3 Å². The second-order valence-electron chi connectivity index (χ2n) is 4.01. The lowest BCUT2D eigenvalue weighted by Crippen LogP contribution is -2.08. The zero-order valence-corrected chi connectivity index (χ0v) is 10.2. The first-order valence-electron chi connectivity index (χ1n) is 5.87. The minimum Gasteiger partial charge on any atom is -0.489 e. The highest BCUT2D eigenvalue weighted by Crippen LogP contribution is 2.22. The van der Waals surface area contributed by atoms with Crippen LogP contribution >= 0.6 is 0 Å². The van der Waals surface area contributed by atoms with Crippen LogP contribution in [-0.4, -0.2) is 17.7 Å². The maximum Gasteiger partial charge on any atom is 0.339 e. The number of para-hydroxylation sites is 1. The molecule has 0 aromatic heterocycles. The highest BCUT2D eigenvalue weighted by molar-refractivity contribution is 5.90. The van der Waals surface area contributed by atoms with E-state index in [9.17, 15) is 9.18 Å². The van der Waals surface area contributed by atoms with Crippen LogP contribution in [0, 0.1) is 5.82 Å². The summed E-state index contributed by atoms with van der Waals surface area (Å²) in [5, 5.41) is 8.96. The van der Waals surface area contributed by atoms with Crippen LogP contribution in [0.1, 0.15) is 15.9 Å². The normalized spacial score (nSPS) is 10.2. The van der Waals surface area contributed by atoms with Gasteiger partial charge in [-0.05, 0) is 17.7 Å². The number of rotatable bonds is 5. The first-order chi connectivity index (χ1) is 9.18. The molecule has 2 aromatic carbocycles. The zero-order chi connectivity index (χ0) is 13.7. The lowest BCUT2D eigenvalue weighted by Gasteiger charge is -2.10. The molecule has 98 valence electrons. The van der Waals surface area contributed by atoms with E-state index < -0.39 is 11.8 Å². The van der Waals surface area contributed by atoms with E-state index in [1.165, 1.54) is 18.2 Å². The molecule has 0 bridgehead atoms. The van der Waals surface area contributed by atoms with Gasteiger partial charge in [0.25, 0.3) is 0 Å². The topological polar surface area (TPSA) is 46.5 Å². The van der Waals surface area contributed by atoms with Gasteiger partial charge in [0.05, 0.1) is 6.61 Å². The van der Waals surface area contributed by atoms with Crippen molar-refractivity contribution in [2.24, 2.45) is 0 Å². The summed E-state index contributed by atoms with van der Waals surface area (Å²) in [6.07, 6.45) is 0.592. The molecule has 0 heterocycles. The van der Waals surface area contributed by atoms with Gasteiger partial charge >= 0.3 is 5.97 Å². The van der Waals surface area contributed by atoms with Crippen molar-refractivity contribution < 1.29 is 19.0 Å². The Kier molecular flexibility index (Phi) is 4.13. The molecule has 4 heteroatoms. The molecule has 1 N–H and O–H groups in total. The predicted octanol–water partition coefficient (Wildman–Crippen LogP) is 3.15. The van der Waals surface area contributed by atoms with E-state index in [2.05, 4.69) is 0 Å². The van der Waals surface area contributed by atoms with Gasteiger partial charge in [0, 0.05) is 6.42 Å². The summed E-state index contributed by atoms with van der Waals surface area (Å²) in [5.41, 5.74) is 0.892. The predicted molar refractivity (Wildman–Crippen MR) is 69.0 cm³/mol. The number of halogens is 1. The van der Waals surface area contributed by atoms with Crippen LogP contribution in [0.25, 0.3) is 0 Å². The smallest absolute Gasteiger partial charge is 0.339 e. The third-order valence-corrected chi connectivity index (χ3v) is 2.68. The van der Waals surface area contributed by atoms with Crippen molar-refractivity contribution in [1.29, 1.82) is 0 Å². The van der Waals surface area contributed by atoms with Crippen molar-refractivity contribution in [1.82, 2.24) is 0 Å². The highest BCUT2D eigenvalue weighted by atomic mass is 19.1. The van der Waals surface area contributed by atoms with Gasteiger partial charge in [-0.1, -0.05) is 36.4 Å². The highest BCUT2D eigenvalue weighted by Gasteiger charge is 2.15. The fourth-order valence-electron chi connectivity index (χ4n) is 1.74. The van der Waals surface area contributed by atoms with Crippen molar-refractivity contribution >= 4 is 5.97 Å². The Morgan fingerprint density at radius 3 is 2.53 bits per heavy atom. The van der Waals surface area contributed by atoms with E-state index in [-0.39, 0.29) is 17.9 Å². The van der Waals surface area contributed by atoms with Gasteiger partial charge in [-0.15, -0.1) is 0 Å². The molecule has 2 aromatic rings. The molecule has 0 atom stereocenters. The Bertz CT molecular complexity index is 567. The number of hydrogen-bond donors (Lipinski definition) is 1. The van der Waals surface area contributed by atoms with Crippen molar-refractivity contribution in [3.63, 3.8) is 0 Å². The number of carboxylic acids is 1. The maximum atomic E-state index is 13.5. The van der Waals surface area contributed by atoms with Crippen LogP contribution in [0.15, 0.2) is 48.5 Å². The van der Waals surface area contributed by atoms with Gasteiger partial charge in [-0.25, -0.2) is 9.18 Å². The molecule has 0 fully saturated rings. The fourth-order valence-corrected chi connectivity index (χ4v) is 1.74. The molecular weight excluding hydrogens is 247 g/mol. The fraction of sp³-hybridized carbons (Fsp3) is 0.133. The summed E-state index contributed by atoms with van der Waals surface area (Å²) >= 11 is 0. The lowest BCUT2D eigenvalue weighted by molar-refractivity contribution is 0.0691. The van der Waals surface area contributed by atoms with Gasteiger partial charge < -0.3 is 9.84 Å². The number of aromatic carboxylic acids is 1. The second-order valence-corrected chi connectivity index (χ2v) is 4.01. The molecule has 0 spiro atoms. The molecule has 2 rings (SSSR count). The molecule has 0 saturated carbocycles. The van der Waals surface area contributed by atoms with E-state index in [1.54, 1.807) is 0 Å². The Balaban J connectivity index is 2.05. The van der Waals surface area contributed by atoms with Gasteiger partial charge in [0.2, 0.25) is 0 Å². The number of carboxylic acid groups (broad SMARTS) is 1. The van der Waals surface area contributed by atoms with Crippen LogP contribution in [-0.2, 0) is 6.42 Å². The Morgan fingerprint density at radius 2 is 1.84 bits per heavy atom. The maximum absolute atomic E-state index is 13.5. The summed E-state index contributed by atoms with van der Waals surface area (Å²) in [7, 11) is 0. The molecule has 0 unspecified atom stereocenters. The number of hydrogen-bond acceptors (Lipinski definition) is 2. The molecule has 0 aliphatic rings. The molecule has 0 aliphatic carbocycles. The standard InChI is InChI=1S/C15H13FO3/c16-13-8-4-7-12(15(17)18)14(13)19-10-9-11-5-2-1-3-6-11/h1-8H,9-10H2,(H,17,18). The number of carbonyl (C=O) groups is 1. The molecule has 19 heavy (non-hydrogen) atoms. The van der Waals surface area contributed by atoms with Gasteiger partial charge in [-0.3, -0.25) is 0 Å². The monoisotopic (exact) mass is 260 g/mol. The Labute approximate surface area is 110 Å². The third-order valence-electron chi connectivity index (χ3n) is 2.68. The molecule has 0 amide bonds. The van der Waals surface area contributed by atoms with Crippen molar-refractivity contribution in [2.45, 2.75) is 6.42 Å². The lowest BCUT2D eigenvalue weighted by atomic mass is 10.1. The Morgan fingerprint density at radius 1 is 1.11 bits per heavy atom. The summed E-state index contributed by atoms with van der Waals surface area (Å²) in [4.78, 5) is 11.0. The summed E-state index contributed by atoms with van der Waals surface area (Å²) in [6, 6.07) is 13.4. The molecule has 0 aliphatic heterocycles. The summed E-state index contributed by atoms with van der Waals surface area (Å²) in [6.45, 7) is 0.227. The van der Waals surface area contributed by atoms with Gasteiger partial charge in [-0.2, -0.15) is 0 Å². The van der Waals surface area contributed by atoms with E-state index in [0.29, 0.717) is 6.42 Å². The van der Waals surface area contributed by atoms with Gasteiger partial charge in [0.15, 0.2) is 11.6 Å². The first kappa shape index (κ1) is 13.1. The van der Waals surface area contributed by atoms with Crippen LogP contribution in [0.4, 0.5) is 4.39 Å². The van der Waals surface area contributed by atoms with Crippen LogP contribution in [0.2, 0.25) is 0 Å². The van der Waals surface area contributed by atoms with E-state index in [4.69, 9.17) is 9.84 Å². The molecule has 3 nitrogen and oxygen atoms in total. The number of benzene rings is 2. The molecular formula is C15H13FO3. The van der Waals surface area contributed by atoms with E-state index in [0.717, 1.165) is 5.56 Å². The minimum atomic E-state index is -1.20. The van der Waals surface area contributed by atoms with E-state index >= 15 is 0 Å². The van der Waals surface area contributed by atoms with Crippen LogP contribution in [0.3, 0.4) is 0 Å². The zero-order valence-electron chi connectivity index (χ0n) is 10.2. The first-order valence-corrected chi connectivity index (χ1v) is 5.87. The largest absolute Gasteiger partial charge is 0.489 e. The summed E-state index contributed by atoms with van der Waals surface area (Å²) < 4.78 is 18.8. The number of ether oxygens (including phenoxy) is 1. The average molecular weight is 260 g/mol. The third kappa shape index (κ3) is 3.31. The SMILES string of the molecule is O=C(O)c1cccc(F)c1OCCc1ccccc1. The van der Waals surface area contributed by atoms with Crippen LogP contribution in [0.5, 0.6) is 5.75 Å². The van der Waals surface area contributed by atoms with Crippen LogP contribution < -0.4 is 4.74 Å². The second kappa shape index (κ2) is 6.00. The Hall–Kier alpha value is -2.36. The average Bonchev–Trinajstić information content (AvgIpc) is 2.41. The van der Waals surface area contributed by atoms with Crippen molar-refractivity contribution in [3.8, 4) is 5.75 Å².